The maximum absolute atomic E-state index is 11.9. The molecule has 0 aliphatic rings. The van der Waals surface area contributed by atoms with E-state index in [0.29, 0.717) is 0 Å². The Hall–Kier alpha value is -1.82. The van der Waals surface area contributed by atoms with Gasteiger partial charge in [0.1, 0.15) is 19.1 Å². The van der Waals surface area contributed by atoms with Crippen molar-refractivity contribution in [3.05, 3.63) is 90.5 Å². The summed E-state index contributed by atoms with van der Waals surface area (Å²) in [5, 5.41) is 0. The molecule has 1 aromatic heterocycles. The zero-order chi connectivity index (χ0) is 21.0. The van der Waals surface area contributed by atoms with E-state index in [-0.39, 0.29) is 13.2 Å². The molecule has 0 amide bonds. The summed E-state index contributed by atoms with van der Waals surface area (Å²) in [5.41, 5.74) is 1.83. The van der Waals surface area contributed by atoms with Crippen molar-refractivity contribution in [1.29, 1.82) is 0 Å². The van der Waals surface area contributed by atoms with E-state index in [1.165, 1.54) is 12.8 Å². The minimum Gasteiger partial charge on any atom is -0.780 e. The highest BCUT2D eigenvalue weighted by Crippen LogP contribution is 2.40. The second kappa shape index (κ2) is 12.7. The van der Waals surface area contributed by atoms with Gasteiger partial charge in [0.05, 0.1) is 26.8 Å². The summed E-state index contributed by atoms with van der Waals surface area (Å²) in [6, 6.07) is 18.9. The lowest BCUT2D eigenvalue weighted by Crippen LogP contribution is -2.23. The highest BCUT2D eigenvalue weighted by molar-refractivity contribution is 8.06. The summed E-state index contributed by atoms with van der Waals surface area (Å²) in [4.78, 5) is 11.9. The summed E-state index contributed by atoms with van der Waals surface area (Å²) in [7, 11) is 2.04. The summed E-state index contributed by atoms with van der Waals surface area (Å²) in [5.74, 6) is 0. The van der Waals surface area contributed by atoms with Gasteiger partial charge in [0.15, 0.2) is 0 Å². The van der Waals surface area contributed by atoms with Gasteiger partial charge in [0.25, 0.3) is 0 Å². The first kappa shape index (κ1) is 23.5. The van der Waals surface area contributed by atoms with Gasteiger partial charge in [-0.15, -0.1) is 0 Å². The average Bonchev–Trinajstić information content (AvgIpc) is 3.17. The first-order valence-electron chi connectivity index (χ1n) is 9.67. The molecular weight excluding hydrogens is 403 g/mol. The second-order valence-corrected chi connectivity index (χ2v) is 9.39. The van der Waals surface area contributed by atoms with Crippen LogP contribution in [-0.4, -0.2) is 4.57 Å². The fourth-order valence-corrected chi connectivity index (χ4v) is 3.47. The van der Waals surface area contributed by atoms with E-state index in [1.807, 2.05) is 67.7 Å². The van der Waals surface area contributed by atoms with Crippen LogP contribution >= 0.6 is 6.72 Å². The Morgan fingerprint density at radius 3 is 1.90 bits per heavy atom. The summed E-state index contributed by atoms with van der Waals surface area (Å²) < 4.78 is 14.6. The van der Waals surface area contributed by atoms with E-state index in [4.69, 9.17) is 20.9 Å². The molecule has 0 fully saturated rings. The molecule has 7 heteroatoms. The molecule has 1 heterocycles. The van der Waals surface area contributed by atoms with Crippen LogP contribution in [0.5, 0.6) is 0 Å². The lowest BCUT2D eigenvalue weighted by atomic mass is 10.2. The summed E-state index contributed by atoms with van der Waals surface area (Å²) in [6.45, 7) is 0.304. The zero-order valence-corrected chi connectivity index (χ0v) is 18.7. The monoisotopic (exact) mass is 432 g/mol. The first-order chi connectivity index (χ1) is 14.0. The normalized spacial score (nSPS) is 11.0. The van der Waals surface area contributed by atoms with Gasteiger partial charge in [0, 0.05) is 0 Å². The molecule has 0 bridgehead atoms. The number of aromatic nitrogens is 2. The smallest absolute Gasteiger partial charge is 0.243 e. The van der Waals surface area contributed by atoms with Crippen LogP contribution < -0.4 is 9.46 Å². The number of nitrogens with zero attached hydrogens (tertiary/aromatic N) is 2. The molecule has 0 aliphatic carbocycles. The maximum atomic E-state index is 11.9. The molecular formula is C22H29N2O3PS. The Balaban J connectivity index is 0.000000253. The van der Waals surface area contributed by atoms with Crippen LogP contribution in [0.1, 0.15) is 30.9 Å². The van der Waals surface area contributed by atoms with Gasteiger partial charge in [-0.05, 0) is 17.5 Å². The molecule has 0 saturated carbocycles. The van der Waals surface area contributed by atoms with Crippen LogP contribution in [0.4, 0.5) is 0 Å². The Kier molecular flexibility index (Phi) is 10.3. The number of hydrogen-bond donors (Lipinski definition) is 0. The molecule has 0 radical (unpaired) electrons. The van der Waals surface area contributed by atoms with E-state index >= 15 is 0 Å². The van der Waals surface area contributed by atoms with Gasteiger partial charge in [0.2, 0.25) is 6.33 Å². The number of benzene rings is 2. The van der Waals surface area contributed by atoms with Crippen molar-refractivity contribution in [2.75, 3.05) is 0 Å². The molecule has 5 nitrogen and oxygen atoms in total. The topological polar surface area (TPSA) is 50.3 Å². The largest absolute Gasteiger partial charge is 0.780 e. The summed E-state index contributed by atoms with van der Waals surface area (Å²) >= 11 is 4.85. The quantitative estimate of drug-likeness (QED) is 0.377. The third kappa shape index (κ3) is 9.97. The van der Waals surface area contributed by atoms with E-state index < -0.39 is 6.72 Å². The fourth-order valence-electron chi connectivity index (χ4n) is 2.47. The van der Waals surface area contributed by atoms with Crippen molar-refractivity contribution in [1.82, 2.24) is 4.57 Å². The SMILES string of the molecule is CCCCn1cc[n+](C)c1.[O-]P(=S)(OCc1ccccc1)OCc1ccccc1. The van der Waals surface area contributed by atoms with Gasteiger partial charge in [-0.1, -0.05) is 85.8 Å². The van der Waals surface area contributed by atoms with Crippen LogP contribution in [0.3, 0.4) is 0 Å². The molecule has 0 saturated heterocycles. The van der Waals surface area contributed by atoms with Crippen molar-refractivity contribution < 1.29 is 18.5 Å². The van der Waals surface area contributed by atoms with Crippen molar-refractivity contribution in [3.63, 3.8) is 0 Å². The molecule has 0 unspecified atom stereocenters. The number of imidazole rings is 1. The molecule has 3 aromatic rings. The van der Waals surface area contributed by atoms with Gasteiger partial charge in [-0.3, -0.25) is 0 Å². The van der Waals surface area contributed by atoms with Gasteiger partial charge in [-0.2, -0.15) is 0 Å². The Labute approximate surface area is 178 Å². The van der Waals surface area contributed by atoms with E-state index in [0.717, 1.165) is 17.7 Å². The van der Waals surface area contributed by atoms with Crippen molar-refractivity contribution in [3.8, 4) is 0 Å². The van der Waals surface area contributed by atoms with Crippen molar-refractivity contribution in [2.24, 2.45) is 7.05 Å². The highest BCUT2D eigenvalue weighted by Gasteiger charge is 2.05. The number of rotatable bonds is 9. The van der Waals surface area contributed by atoms with Gasteiger partial charge in [-0.25, -0.2) is 9.13 Å². The van der Waals surface area contributed by atoms with Gasteiger partial charge >= 0.3 is 0 Å². The molecule has 156 valence electrons. The lowest BCUT2D eigenvalue weighted by molar-refractivity contribution is -0.671. The highest BCUT2D eigenvalue weighted by atomic mass is 32.5. The van der Waals surface area contributed by atoms with E-state index in [9.17, 15) is 4.89 Å². The number of aryl methyl sites for hydroxylation is 2. The Bertz CT molecular complexity index is 825. The molecule has 0 aliphatic heterocycles. The minimum atomic E-state index is -3.44. The van der Waals surface area contributed by atoms with Gasteiger partial charge < -0.3 is 13.9 Å². The predicted molar refractivity (Wildman–Crippen MR) is 117 cm³/mol. The maximum Gasteiger partial charge on any atom is 0.243 e. The molecule has 2 aromatic carbocycles. The minimum absolute atomic E-state index is 0.191. The zero-order valence-electron chi connectivity index (χ0n) is 17.0. The number of unbranched alkanes of at least 4 members (excludes halogenated alkanes) is 1. The third-order valence-corrected chi connectivity index (χ3v) is 5.58. The van der Waals surface area contributed by atoms with Crippen LogP contribution in [0.2, 0.25) is 0 Å². The molecule has 3 rings (SSSR count). The number of hydrogen-bond acceptors (Lipinski definition) is 4. The lowest BCUT2D eigenvalue weighted by Gasteiger charge is -2.27. The van der Waals surface area contributed by atoms with Crippen LogP contribution in [0.25, 0.3) is 0 Å². The van der Waals surface area contributed by atoms with E-state index in [2.05, 4.69) is 34.8 Å². The Morgan fingerprint density at radius 2 is 1.48 bits per heavy atom. The molecule has 0 atom stereocenters. The van der Waals surface area contributed by atoms with Crippen LogP contribution in [-0.2, 0) is 47.7 Å². The van der Waals surface area contributed by atoms with Crippen molar-refractivity contribution in [2.45, 2.75) is 39.5 Å². The van der Waals surface area contributed by atoms with Crippen molar-refractivity contribution >= 4 is 18.5 Å². The summed E-state index contributed by atoms with van der Waals surface area (Å²) in [6.07, 6.45) is 8.82. The first-order valence-corrected chi connectivity index (χ1v) is 12.2. The standard InChI is InChI=1S/C14H15O3PS.C8H15N2/c15-18(19,16-11-13-7-3-1-4-8-13)17-12-14-9-5-2-6-10-14;1-3-4-5-10-7-6-9(2)8-10/h1-10H,11-12H2,(H,15,19);6-8H,3-5H2,1-2H3/q;+1/p-1. The predicted octanol–water partition coefficient (Wildman–Crippen LogP) is 4.12. The fraction of sp³-hybridized carbons (Fsp3) is 0.318. The second-order valence-electron chi connectivity index (χ2n) is 6.64. The van der Waals surface area contributed by atoms with Crippen LogP contribution in [0.15, 0.2) is 79.4 Å². The molecule has 0 spiro atoms. The Morgan fingerprint density at radius 1 is 0.966 bits per heavy atom. The average molecular weight is 433 g/mol. The molecule has 29 heavy (non-hydrogen) atoms. The molecule has 0 N–H and O–H groups in total. The van der Waals surface area contributed by atoms with Crippen LogP contribution in [0, 0.1) is 0 Å². The van der Waals surface area contributed by atoms with E-state index in [1.54, 1.807) is 0 Å². The third-order valence-electron chi connectivity index (χ3n) is 4.06.